The molecule has 2 amide bonds. The van der Waals surface area contributed by atoms with Gasteiger partial charge in [-0.05, 0) is 50.2 Å². The molecule has 0 unspecified atom stereocenters. The second-order valence-electron chi connectivity index (χ2n) is 6.71. The van der Waals surface area contributed by atoms with Crippen molar-refractivity contribution in [2.24, 2.45) is 11.7 Å². The van der Waals surface area contributed by atoms with Crippen LogP contribution in [0, 0.1) is 18.7 Å². The molecule has 0 aliphatic carbocycles. The van der Waals surface area contributed by atoms with Crippen LogP contribution in [0.2, 0.25) is 0 Å². The Bertz CT molecular complexity index is 641. The molecule has 6 heteroatoms. The Labute approximate surface area is 141 Å². The van der Waals surface area contributed by atoms with Gasteiger partial charge in [0.2, 0.25) is 5.91 Å². The summed E-state index contributed by atoms with van der Waals surface area (Å²) in [5.74, 6) is -0.772. The smallest absolute Gasteiger partial charge is 0.256 e. The normalized spacial score (nSPS) is 25.0. The predicted molar refractivity (Wildman–Crippen MR) is 86.9 cm³/mol. The number of hydrogen-bond donors (Lipinski definition) is 1. The van der Waals surface area contributed by atoms with E-state index in [1.807, 2.05) is 0 Å². The third-order valence-electron chi connectivity index (χ3n) is 5.14. The van der Waals surface area contributed by atoms with Gasteiger partial charge in [0.25, 0.3) is 5.91 Å². The van der Waals surface area contributed by atoms with Crippen LogP contribution >= 0.6 is 0 Å². The van der Waals surface area contributed by atoms with E-state index in [1.165, 1.54) is 6.07 Å². The van der Waals surface area contributed by atoms with Crippen molar-refractivity contribution in [3.63, 3.8) is 0 Å². The van der Waals surface area contributed by atoms with Crippen LogP contribution in [0.5, 0.6) is 0 Å². The summed E-state index contributed by atoms with van der Waals surface area (Å²) in [6.45, 7) is 2.82. The topological polar surface area (TPSA) is 72.6 Å². The summed E-state index contributed by atoms with van der Waals surface area (Å²) >= 11 is 0. The number of hydrogen-bond acceptors (Lipinski definition) is 3. The highest BCUT2D eigenvalue weighted by molar-refractivity contribution is 5.94. The minimum atomic E-state index is -0.476. The maximum Gasteiger partial charge on any atom is 0.256 e. The summed E-state index contributed by atoms with van der Waals surface area (Å²) < 4.78 is 19.9. The van der Waals surface area contributed by atoms with Gasteiger partial charge in [-0.3, -0.25) is 9.59 Å². The average molecular weight is 334 g/mol. The lowest BCUT2D eigenvalue weighted by molar-refractivity contribution is -0.130. The summed E-state index contributed by atoms with van der Waals surface area (Å²) in [4.78, 5) is 25.4. The largest absolute Gasteiger partial charge is 0.367 e. The maximum atomic E-state index is 14.1. The van der Waals surface area contributed by atoms with E-state index >= 15 is 0 Å². The highest BCUT2D eigenvalue weighted by Crippen LogP contribution is 2.32. The molecule has 0 spiro atoms. The summed E-state index contributed by atoms with van der Waals surface area (Å²) in [7, 11) is 0. The predicted octanol–water partition coefficient (Wildman–Crippen LogP) is 2.02. The molecule has 130 valence electrons. The minimum absolute atomic E-state index is 0.0375. The van der Waals surface area contributed by atoms with Gasteiger partial charge in [-0.25, -0.2) is 4.39 Å². The van der Waals surface area contributed by atoms with Crippen molar-refractivity contribution in [1.82, 2.24) is 4.90 Å². The van der Waals surface area contributed by atoms with Crippen molar-refractivity contribution < 1.29 is 18.7 Å². The van der Waals surface area contributed by atoms with Gasteiger partial charge in [0.15, 0.2) is 0 Å². The Balaban J connectivity index is 1.58. The van der Waals surface area contributed by atoms with Gasteiger partial charge < -0.3 is 15.4 Å². The molecular formula is C18H23FN2O3. The van der Waals surface area contributed by atoms with Gasteiger partial charge in [0.05, 0.1) is 11.7 Å². The second-order valence-corrected chi connectivity index (χ2v) is 6.71. The van der Waals surface area contributed by atoms with Gasteiger partial charge in [0, 0.05) is 13.1 Å². The quantitative estimate of drug-likeness (QED) is 0.919. The first-order valence-electron chi connectivity index (χ1n) is 8.46. The fourth-order valence-corrected chi connectivity index (χ4v) is 3.68. The van der Waals surface area contributed by atoms with Crippen LogP contribution in [0.4, 0.5) is 4.39 Å². The van der Waals surface area contributed by atoms with E-state index in [0.717, 1.165) is 19.3 Å². The minimum Gasteiger partial charge on any atom is -0.367 e. The number of ether oxygens (including phenoxy) is 1. The van der Waals surface area contributed by atoms with Gasteiger partial charge in [-0.2, -0.15) is 0 Å². The molecule has 1 aromatic rings. The van der Waals surface area contributed by atoms with E-state index < -0.39 is 17.8 Å². The maximum absolute atomic E-state index is 14.1. The second kappa shape index (κ2) is 6.89. The van der Waals surface area contributed by atoms with Crippen molar-refractivity contribution in [2.75, 3.05) is 13.1 Å². The Morgan fingerprint density at radius 2 is 1.92 bits per heavy atom. The van der Waals surface area contributed by atoms with E-state index in [1.54, 1.807) is 24.0 Å². The number of piperidine rings is 1. The number of likely N-dealkylation sites (tertiary alicyclic amines) is 1. The molecule has 3 rings (SSSR count). The molecule has 0 saturated carbocycles. The molecule has 2 aliphatic rings. The molecule has 2 aliphatic heterocycles. The Hall–Kier alpha value is -1.95. The molecule has 0 aromatic heterocycles. The SMILES string of the molecule is Cc1cccc(C(=O)N2CCC([C@@H]3CC[C@H](C(N)=O)O3)CC2)c1F. The number of carbonyl (C=O) groups excluding carboxylic acids is 2. The molecule has 2 N–H and O–H groups in total. The first-order valence-corrected chi connectivity index (χ1v) is 8.46. The van der Waals surface area contributed by atoms with Gasteiger partial charge in [-0.1, -0.05) is 12.1 Å². The highest BCUT2D eigenvalue weighted by Gasteiger charge is 2.36. The molecule has 0 bridgehead atoms. The average Bonchev–Trinajstić information content (AvgIpc) is 3.07. The van der Waals surface area contributed by atoms with Crippen LogP contribution in [-0.2, 0) is 9.53 Å². The van der Waals surface area contributed by atoms with Crippen LogP contribution in [0.25, 0.3) is 0 Å². The number of aryl methyl sites for hydroxylation is 1. The van der Waals surface area contributed by atoms with Crippen LogP contribution in [0.3, 0.4) is 0 Å². The van der Waals surface area contributed by atoms with E-state index in [-0.39, 0.29) is 17.6 Å². The Morgan fingerprint density at radius 3 is 2.54 bits per heavy atom. The zero-order valence-corrected chi connectivity index (χ0v) is 13.8. The zero-order valence-electron chi connectivity index (χ0n) is 13.8. The number of rotatable bonds is 3. The first kappa shape index (κ1) is 16.9. The lowest BCUT2D eigenvalue weighted by Crippen LogP contribution is -2.42. The first-order chi connectivity index (χ1) is 11.5. The van der Waals surface area contributed by atoms with Crippen molar-refractivity contribution in [1.29, 1.82) is 0 Å². The molecule has 2 heterocycles. The fourth-order valence-electron chi connectivity index (χ4n) is 3.68. The van der Waals surface area contributed by atoms with Gasteiger partial charge in [0.1, 0.15) is 11.9 Å². The number of primary amides is 1. The standard InChI is InChI=1S/C18H23FN2O3/c1-11-3-2-4-13(16(11)19)18(23)21-9-7-12(8-10-21)14-5-6-15(24-14)17(20)22/h2-4,12,14-15H,5-10H2,1H3,(H2,20,22)/t14-,15+/m0/s1. The van der Waals surface area contributed by atoms with Gasteiger partial charge >= 0.3 is 0 Å². The molecule has 24 heavy (non-hydrogen) atoms. The number of benzene rings is 1. The third kappa shape index (κ3) is 3.29. The van der Waals surface area contributed by atoms with Crippen LogP contribution in [0.1, 0.15) is 41.6 Å². The van der Waals surface area contributed by atoms with Crippen LogP contribution < -0.4 is 5.73 Å². The summed E-state index contributed by atoms with van der Waals surface area (Å²) in [5.41, 5.74) is 5.91. The van der Waals surface area contributed by atoms with Crippen molar-refractivity contribution in [3.05, 3.63) is 35.1 Å². The molecule has 2 saturated heterocycles. The number of amides is 2. The van der Waals surface area contributed by atoms with E-state index in [9.17, 15) is 14.0 Å². The lowest BCUT2D eigenvalue weighted by atomic mass is 9.89. The lowest BCUT2D eigenvalue weighted by Gasteiger charge is -2.34. The number of nitrogens with zero attached hydrogens (tertiary/aromatic N) is 1. The van der Waals surface area contributed by atoms with Crippen LogP contribution in [0.15, 0.2) is 18.2 Å². The molecular weight excluding hydrogens is 311 g/mol. The summed E-state index contributed by atoms with van der Waals surface area (Å²) in [5, 5.41) is 0. The van der Waals surface area contributed by atoms with Gasteiger partial charge in [-0.15, -0.1) is 0 Å². The van der Waals surface area contributed by atoms with Crippen molar-refractivity contribution >= 4 is 11.8 Å². The number of carbonyl (C=O) groups is 2. The molecule has 1 aromatic carbocycles. The number of nitrogens with two attached hydrogens (primary N) is 1. The summed E-state index contributed by atoms with van der Waals surface area (Å²) in [6, 6.07) is 4.90. The van der Waals surface area contributed by atoms with Crippen molar-refractivity contribution in [3.8, 4) is 0 Å². The molecule has 5 nitrogen and oxygen atoms in total. The van der Waals surface area contributed by atoms with E-state index in [2.05, 4.69) is 0 Å². The molecule has 2 fully saturated rings. The number of halogens is 1. The van der Waals surface area contributed by atoms with Crippen molar-refractivity contribution in [2.45, 2.75) is 44.8 Å². The highest BCUT2D eigenvalue weighted by atomic mass is 19.1. The Morgan fingerprint density at radius 1 is 1.21 bits per heavy atom. The zero-order chi connectivity index (χ0) is 17.3. The molecule has 0 radical (unpaired) electrons. The Kier molecular flexibility index (Phi) is 4.85. The molecule has 2 atom stereocenters. The van der Waals surface area contributed by atoms with E-state index in [0.29, 0.717) is 31.0 Å². The van der Waals surface area contributed by atoms with Crippen LogP contribution in [-0.4, -0.2) is 42.0 Å². The monoisotopic (exact) mass is 334 g/mol. The fraction of sp³-hybridized carbons (Fsp3) is 0.556. The summed E-state index contributed by atoms with van der Waals surface area (Å²) in [6.07, 6.45) is 2.67. The van der Waals surface area contributed by atoms with E-state index in [4.69, 9.17) is 10.5 Å². The third-order valence-corrected chi connectivity index (χ3v) is 5.14.